The number of nitrogens with zero attached hydrogens (tertiary/aromatic N) is 5. The van der Waals surface area contributed by atoms with Gasteiger partial charge in [0.05, 0.1) is 30.2 Å². The Hall–Kier alpha value is -2.93. The van der Waals surface area contributed by atoms with Crippen LogP contribution in [0.15, 0.2) is 36.7 Å². The fourth-order valence-electron chi connectivity index (χ4n) is 4.27. The molecule has 3 heterocycles. The second kappa shape index (κ2) is 10.2. The molecule has 0 N–H and O–H groups in total. The van der Waals surface area contributed by atoms with Crippen LogP contribution in [-0.4, -0.2) is 74.3 Å². The number of alkyl halides is 3. The highest BCUT2D eigenvalue weighted by atomic mass is 32.2. The Morgan fingerprint density at radius 3 is 2.36 bits per heavy atom. The summed E-state index contributed by atoms with van der Waals surface area (Å²) >= 11 is 1.02. The van der Waals surface area contributed by atoms with E-state index in [4.69, 9.17) is 0 Å². The first-order valence-corrected chi connectivity index (χ1v) is 14.0. The van der Waals surface area contributed by atoms with Crippen molar-refractivity contribution < 1.29 is 26.4 Å². The molecular formula is C23H26F3N5O3S2. The molecule has 36 heavy (non-hydrogen) atoms. The lowest BCUT2D eigenvalue weighted by Gasteiger charge is -2.35. The Morgan fingerprint density at radius 1 is 1.11 bits per heavy atom. The summed E-state index contributed by atoms with van der Waals surface area (Å²) in [5, 5.41) is 0.594. The summed E-state index contributed by atoms with van der Waals surface area (Å²) in [7, 11) is -3.37. The molecule has 1 aliphatic heterocycles. The van der Waals surface area contributed by atoms with Crippen molar-refractivity contribution >= 4 is 49.0 Å². The molecule has 4 rings (SSSR count). The maximum atomic E-state index is 12.9. The van der Waals surface area contributed by atoms with E-state index in [0.717, 1.165) is 23.2 Å². The molecule has 3 aromatic rings. The molecule has 0 radical (unpaired) electrons. The number of halogens is 3. The summed E-state index contributed by atoms with van der Waals surface area (Å²) < 4.78 is 63.5. The molecule has 0 bridgehead atoms. The normalized spacial score (nSPS) is 14.9. The number of hydrogen-bond donors (Lipinski definition) is 0. The number of thiophene rings is 1. The third-order valence-electron chi connectivity index (χ3n) is 5.93. The summed E-state index contributed by atoms with van der Waals surface area (Å²) in [6.07, 6.45) is -2.59. The molecule has 1 aliphatic rings. The maximum absolute atomic E-state index is 12.9. The number of sulfonamides is 1. The van der Waals surface area contributed by atoms with Crippen molar-refractivity contribution in [3.63, 3.8) is 0 Å². The second-order valence-corrected chi connectivity index (χ2v) is 11.6. The van der Waals surface area contributed by atoms with Gasteiger partial charge in [0, 0.05) is 37.6 Å². The molecule has 0 aliphatic carbocycles. The van der Waals surface area contributed by atoms with E-state index in [2.05, 4.69) is 9.97 Å². The van der Waals surface area contributed by atoms with Crippen LogP contribution in [0.4, 0.5) is 24.7 Å². The Bertz CT molecular complexity index is 1340. The fraction of sp³-hybridized carbons (Fsp3) is 0.435. The number of carbonyl (C=O) groups is 1. The molecule has 2 aromatic heterocycles. The van der Waals surface area contributed by atoms with Crippen LogP contribution in [0, 0.1) is 0 Å². The van der Waals surface area contributed by atoms with Crippen molar-refractivity contribution in [3.8, 4) is 0 Å². The first-order valence-electron chi connectivity index (χ1n) is 11.3. The highest BCUT2D eigenvalue weighted by molar-refractivity contribution is 7.92. The minimum Gasteiger partial charge on any atom is -0.352 e. The molecule has 1 fully saturated rings. The lowest BCUT2D eigenvalue weighted by atomic mass is 10.1. The SMILES string of the molecule is CCN(c1ccc(CC(=O)N2CCN(c3ncnc4sc(CC(F)(F)F)cc34)CC2)cc1)S(C)(=O)=O. The van der Waals surface area contributed by atoms with E-state index in [9.17, 15) is 26.4 Å². The van der Waals surface area contributed by atoms with E-state index < -0.39 is 22.6 Å². The Balaban J connectivity index is 1.38. The van der Waals surface area contributed by atoms with Crippen LogP contribution in [0.25, 0.3) is 10.2 Å². The van der Waals surface area contributed by atoms with Crippen LogP contribution in [0.3, 0.4) is 0 Å². The van der Waals surface area contributed by atoms with Gasteiger partial charge < -0.3 is 9.80 Å². The molecule has 1 saturated heterocycles. The lowest BCUT2D eigenvalue weighted by Crippen LogP contribution is -2.49. The van der Waals surface area contributed by atoms with E-state index >= 15 is 0 Å². The standard InChI is InChI=1S/C23H26F3N5O3S2/c1-3-31(36(2,33)34)17-6-4-16(5-7-17)12-20(32)29-8-10-30(11-9-29)21-19-13-18(14-23(24,25)26)35-22(19)28-15-27-21/h4-7,13,15H,3,8-12,14H2,1-2H3. The average Bonchev–Trinajstić information content (AvgIpc) is 3.20. The first-order chi connectivity index (χ1) is 16.9. The van der Waals surface area contributed by atoms with Gasteiger partial charge in [-0.25, -0.2) is 18.4 Å². The van der Waals surface area contributed by atoms with E-state index in [1.165, 1.54) is 16.7 Å². The van der Waals surface area contributed by atoms with E-state index in [1.54, 1.807) is 36.1 Å². The lowest BCUT2D eigenvalue weighted by molar-refractivity contribution is -0.130. The third-order valence-corrected chi connectivity index (χ3v) is 8.25. The van der Waals surface area contributed by atoms with Gasteiger partial charge in [0.2, 0.25) is 15.9 Å². The molecular weight excluding hydrogens is 515 g/mol. The Kier molecular flexibility index (Phi) is 7.41. The number of anilines is 2. The fourth-order valence-corrected chi connectivity index (χ4v) is 6.27. The monoisotopic (exact) mass is 541 g/mol. The number of fused-ring (bicyclic) bond motifs is 1. The zero-order valence-corrected chi connectivity index (χ0v) is 21.5. The largest absolute Gasteiger partial charge is 0.393 e. The van der Waals surface area contributed by atoms with Crippen LogP contribution in [-0.2, 0) is 27.7 Å². The van der Waals surface area contributed by atoms with Crippen molar-refractivity contribution in [3.05, 3.63) is 47.1 Å². The number of rotatable bonds is 7. The molecule has 1 amide bonds. The van der Waals surface area contributed by atoms with E-state index in [1.807, 2.05) is 4.90 Å². The Labute approximate surface area is 211 Å². The van der Waals surface area contributed by atoms with Gasteiger partial charge in [0.1, 0.15) is 17.0 Å². The summed E-state index contributed by atoms with van der Waals surface area (Å²) in [6.45, 7) is 3.99. The van der Waals surface area contributed by atoms with Crippen molar-refractivity contribution in [1.29, 1.82) is 0 Å². The number of carbonyl (C=O) groups excluding carboxylic acids is 1. The van der Waals surface area contributed by atoms with Gasteiger partial charge in [0.15, 0.2) is 0 Å². The molecule has 8 nitrogen and oxygen atoms in total. The van der Waals surface area contributed by atoms with Crippen molar-refractivity contribution in [2.45, 2.75) is 25.9 Å². The van der Waals surface area contributed by atoms with Gasteiger partial charge in [0.25, 0.3) is 0 Å². The van der Waals surface area contributed by atoms with Gasteiger partial charge in [-0.05, 0) is 30.7 Å². The quantitative estimate of drug-likeness (QED) is 0.455. The van der Waals surface area contributed by atoms with Gasteiger partial charge in [-0.1, -0.05) is 12.1 Å². The topological polar surface area (TPSA) is 86.7 Å². The van der Waals surface area contributed by atoms with E-state index in [-0.39, 0.29) is 17.2 Å². The molecule has 0 atom stereocenters. The van der Waals surface area contributed by atoms with Crippen molar-refractivity contribution in [2.75, 3.05) is 48.2 Å². The number of hydrogen-bond acceptors (Lipinski definition) is 7. The average molecular weight is 542 g/mol. The predicted molar refractivity (Wildman–Crippen MR) is 134 cm³/mol. The Morgan fingerprint density at radius 2 is 1.78 bits per heavy atom. The van der Waals surface area contributed by atoms with Crippen molar-refractivity contribution in [1.82, 2.24) is 14.9 Å². The maximum Gasteiger partial charge on any atom is 0.393 e. The van der Waals surface area contributed by atoms with Crippen molar-refractivity contribution in [2.24, 2.45) is 0 Å². The molecule has 0 saturated carbocycles. The molecule has 13 heteroatoms. The highest BCUT2D eigenvalue weighted by Crippen LogP contribution is 2.34. The molecule has 0 unspecified atom stereocenters. The predicted octanol–water partition coefficient (Wildman–Crippen LogP) is 3.47. The van der Waals surface area contributed by atoms with Crippen LogP contribution < -0.4 is 9.21 Å². The van der Waals surface area contributed by atoms with Crippen LogP contribution in [0.1, 0.15) is 17.4 Å². The zero-order valence-electron chi connectivity index (χ0n) is 19.8. The molecule has 194 valence electrons. The number of benzene rings is 1. The van der Waals surface area contributed by atoms with E-state index in [0.29, 0.717) is 54.4 Å². The summed E-state index contributed by atoms with van der Waals surface area (Å²) in [6, 6.07) is 8.40. The second-order valence-electron chi connectivity index (χ2n) is 8.56. The van der Waals surface area contributed by atoms with Crippen LogP contribution in [0.2, 0.25) is 0 Å². The third kappa shape index (κ3) is 6.06. The zero-order chi connectivity index (χ0) is 26.1. The van der Waals surface area contributed by atoms with Crippen LogP contribution >= 0.6 is 11.3 Å². The number of amides is 1. The van der Waals surface area contributed by atoms with Gasteiger partial charge in [-0.3, -0.25) is 9.10 Å². The summed E-state index contributed by atoms with van der Waals surface area (Å²) in [4.78, 5) is 25.7. The van der Waals surface area contributed by atoms with Crippen LogP contribution in [0.5, 0.6) is 0 Å². The minimum absolute atomic E-state index is 0.0475. The summed E-state index contributed by atoms with van der Waals surface area (Å²) in [5.41, 5.74) is 1.33. The smallest absolute Gasteiger partial charge is 0.352 e. The van der Waals surface area contributed by atoms with Gasteiger partial charge in [-0.15, -0.1) is 11.3 Å². The summed E-state index contributed by atoms with van der Waals surface area (Å²) in [5.74, 6) is 0.535. The highest BCUT2D eigenvalue weighted by Gasteiger charge is 2.30. The molecule has 1 aromatic carbocycles. The molecule has 0 spiro atoms. The van der Waals surface area contributed by atoms with Gasteiger partial charge in [-0.2, -0.15) is 13.2 Å². The number of aromatic nitrogens is 2. The number of piperazine rings is 1. The minimum atomic E-state index is -4.29. The van der Waals surface area contributed by atoms with Gasteiger partial charge >= 0.3 is 6.18 Å². The first kappa shape index (κ1) is 26.1.